The summed E-state index contributed by atoms with van der Waals surface area (Å²) < 4.78 is 39.7. The maximum Gasteiger partial charge on any atom is 0.387 e. The number of thiophene rings is 1. The number of hydrogen-bond donors (Lipinski definition) is 1. The van der Waals surface area contributed by atoms with Gasteiger partial charge in [-0.1, -0.05) is 12.1 Å². The van der Waals surface area contributed by atoms with Gasteiger partial charge in [-0.05, 0) is 36.2 Å². The normalized spacial score (nSPS) is 12.6. The molecular weight excluding hydrogens is 364 g/mol. The Hall–Kier alpha value is -1.74. The lowest BCUT2D eigenvalue weighted by Crippen LogP contribution is -2.31. The first-order valence-electron chi connectivity index (χ1n) is 8.06. The van der Waals surface area contributed by atoms with Crippen molar-refractivity contribution in [3.8, 4) is 11.5 Å². The van der Waals surface area contributed by atoms with E-state index in [-0.39, 0.29) is 18.1 Å². The van der Waals surface area contributed by atoms with Gasteiger partial charge in [-0.2, -0.15) is 8.78 Å². The third-order valence-electron chi connectivity index (χ3n) is 3.55. The third-order valence-corrected chi connectivity index (χ3v) is 4.40. The van der Waals surface area contributed by atoms with Crippen LogP contribution in [0.15, 0.2) is 35.7 Å². The molecule has 1 unspecified atom stereocenters. The highest BCUT2D eigenvalue weighted by molar-refractivity contribution is 7.09. The van der Waals surface area contributed by atoms with Gasteiger partial charge in [0.05, 0.1) is 26.4 Å². The van der Waals surface area contributed by atoms with Crippen molar-refractivity contribution in [3.63, 3.8) is 0 Å². The highest BCUT2D eigenvalue weighted by atomic mass is 32.1. The van der Waals surface area contributed by atoms with Gasteiger partial charge in [0.25, 0.3) is 0 Å². The van der Waals surface area contributed by atoms with E-state index in [1.54, 1.807) is 23.5 Å². The van der Waals surface area contributed by atoms with Crippen molar-refractivity contribution in [2.24, 2.45) is 0 Å². The Morgan fingerprint density at radius 3 is 2.69 bits per heavy atom. The van der Waals surface area contributed by atoms with Crippen LogP contribution in [0.2, 0.25) is 0 Å². The monoisotopic (exact) mass is 387 g/mol. The Bertz CT molecular complexity index is 655. The fourth-order valence-corrected chi connectivity index (χ4v) is 3.12. The van der Waals surface area contributed by atoms with Gasteiger partial charge in [0.15, 0.2) is 11.5 Å². The minimum Gasteiger partial charge on any atom is -0.493 e. The number of nitrogens with zero attached hydrogens (tertiary/aromatic N) is 1. The van der Waals surface area contributed by atoms with Gasteiger partial charge in [0.1, 0.15) is 0 Å². The fourth-order valence-electron chi connectivity index (χ4n) is 2.48. The molecule has 0 bridgehead atoms. The molecule has 0 aliphatic carbocycles. The van der Waals surface area contributed by atoms with Crippen molar-refractivity contribution < 1.29 is 28.1 Å². The third kappa shape index (κ3) is 6.87. The number of alkyl halides is 2. The Morgan fingerprint density at radius 2 is 2.04 bits per heavy atom. The second-order valence-corrected chi connectivity index (χ2v) is 6.84. The molecule has 26 heavy (non-hydrogen) atoms. The van der Waals surface area contributed by atoms with Crippen molar-refractivity contribution in [1.29, 1.82) is 0 Å². The first kappa shape index (κ1) is 20.6. The number of ether oxygens (including phenoxy) is 3. The summed E-state index contributed by atoms with van der Waals surface area (Å²) in [6.07, 6.45) is -0.622. The van der Waals surface area contributed by atoms with Crippen LogP contribution in [0.4, 0.5) is 8.78 Å². The average Bonchev–Trinajstić information content (AvgIpc) is 3.09. The first-order chi connectivity index (χ1) is 12.5. The van der Waals surface area contributed by atoms with Gasteiger partial charge >= 0.3 is 6.61 Å². The van der Waals surface area contributed by atoms with Gasteiger partial charge in [-0.25, -0.2) is 0 Å². The van der Waals surface area contributed by atoms with Crippen LogP contribution < -0.4 is 9.47 Å². The maximum absolute atomic E-state index is 12.4. The Kier molecular flexibility index (Phi) is 8.24. The van der Waals surface area contributed by atoms with Crippen molar-refractivity contribution in [2.45, 2.75) is 25.9 Å². The van der Waals surface area contributed by atoms with Crippen LogP contribution in [-0.4, -0.2) is 50.0 Å². The molecule has 1 N–H and O–H groups in total. The maximum atomic E-state index is 12.4. The molecule has 5 nitrogen and oxygen atoms in total. The van der Waals surface area contributed by atoms with Crippen LogP contribution in [-0.2, 0) is 17.9 Å². The molecule has 0 amide bonds. The van der Waals surface area contributed by atoms with Gasteiger partial charge in [-0.15, -0.1) is 11.3 Å². The SMILES string of the molecule is COc1cc(CN(C)CC(O)COCc2cccs2)ccc1OC(F)F. The van der Waals surface area contributed by atoms with Crippen LogP contribution in [0.1, 0.15) is 10.4 Å². The van der Waals surface area contributed by atoms with Gasteiger partial charge in [0, 0.05) is 18.0 Å². The zero-order valence-electron chi connectivity index (χ0n) is 14.7. The predicted octanol–water partition coefficient (Wildman–Crippen LogP) is 3.37. The summed E-state index contributed by atoms with van der Waals surface area (Å²) in [6.45, 7) is -1.23. The average molecular weight is 387 g/mol. The van der Waals surface area contributed by atoms with E-state index in [2.05, 4.69) is 4.74 Å². The lowest BCUT2D eigenvalue weighted by Gasteiger charge is -2.21. The van der Waals surface area contributed by atoms with E-state index < -0.39 is 12.7 Å². The lowest BCUT2D eigenvalue weighted by molar-refractivity contribution is -0.0512. The number of methoxy groups -OCH3 is 1. The van der Waals surface area contributed by atoms with Crippen LogP contribution in [0, 0.1) is 0 Å². The number of benzene rings is 1. The largest absolute Gasteiger partial charge is 0.493 e. The number of rotatable bonds is 11. The molecule has 1 atom stereocenters. The van der Waals surface area contributed by atoms with Gasteiger partial charge < -0.3 is 19.3 Å². The fraction of sp³-hybridized carbons (Fsp3) is 0.444. The van der Waals surface area contributed by atoms with Crippen LogP contribution in [0.3, 0.4) is 0 Å². The summed E-state index contributed by atoms with van der Waals surface area (Å²) in [5.41, 5.74) is 0.859. The molecule has 2 rings (SSSR count). The number of likely N-dealkylation sites (N-methyl/N-ethyl adjacent to an activating group) is 1. The Morgan fingerprint density at radius 1 is 1.23 bits per heavy atom. The lowest BCUT2D eigenvalue weighted by atomic mass is 10.2. The molecule has 1 aromatic heterocycles. The molecule has 0 aliphatic rings. The minimum atomic E-state index is -2.90. The quantitative estimate of drug-likeness (QED) is 0.641. The topological polar surface area (TPSA) is 51.2 Å². The summed E-state index contributed by atoms with van der Waals surface area (Å²) in [5, 5.41) is 12.1. The Labute approximate surface area is 155 Å². The second kappa shape index (κ2) is 10.4. The molecule has 0 fully saturated rings. The standard InChI is InChI=1S/C18H23F2NO4S/c1-21(10-14(22)11-24-12-15-4-3-7-26-15)9-13-5-6-16(25-18(19)20)17(8-13)23-2/h3-8,14,18,22H,9-12H2,1-2H3. The van der Waals surface area contributed by atoms with E-state index in [4.69, 9.17) is 9.47 Å². The summed E-state index contributed by atoms with van der Waals surface area (Å²) in [7, 11) is 3.26. The molecule has 2 aromatic rings. The molecular formula is C18H23F2NO4S. The molecule has 0 spiro atoms. The van der Waals surface area contributed by atoms with E-state index in [0.717, 1.165) is 10.4 Å². The second-order valence-electron chi connectivity index (χ2n) is 5.81. The minimum absolute atomic E-state index is 0.00378. The van der Waals surface area contributed by atoms with E-state index in [1.165, 1.54) is 13.2 Å². The van der Waals surface area contributed by atoms with Gasteiger partial charge in [0.2, 0.25) is 0 Å². The summed E-state index contributed by atoms with van der Waals surface area (Å²) >= 11 is 1.61. The van der Waals surface area contributed by atoms with Gasteiger partial charge in [-0.3, -0.25) is 4.90 Å². The van der Waals surface area contributed by atoms with Crippen molar-refractivity contribution in [2.75, 3.05) is 27.3 Å². The van der Waals surface area contributed by atoms with E-state index >= 15 is 0 Å². The number of aliphatic hydroxyl groups excluding tert-OH is 1. The van der Waals surface area contributed by atoms with E-state index in [1.807, 2.05) is 29.5 Å². The van der Waals surface area contributed by atoms with Crippen LogP contribution in [0.25, 0.3) is 0 Å². The summed E-state index contributed by atoms with van der Waals surface area (Å²) in [4.78, 5) is 3.03. The molecule has 0 radical (unpaired) electrons. The number of halogens is 2. The zero-order valence-corrected chi connectivity index (χ0v) is 15.5. The molecule has 1 heterocycles. The molecule has 8 heteroatoms. The molecule has 0 saturated carbocycles. The zero-order chi connectivity index (χ0) is 18.9. The van der Waals surface area contributed by atoms with Crippen molar-refractivity contribution in [3.05, 3.63) is 46.2 Å². The smallest absolute Gasteiger partial charge is 0.387 e. The number of aliphatic hydroxyl groups is 1. The highest BCUT2D eigenvalue weighted by Crippen LogP contribution is 2.29. The van der Waals surface area contributed by atoms with Crippen LogP contribution in [0.5, 0.6) is 11.5 Å². The molecule has 144 valence electrons. The van der Waals surface area contributed by atoms with Crippen molar-refractivity contribution >= 4 is 11.3 Å². The summed E-state index contributed by atoms with van der Waals surface area (Å²) in [5.74, 6) is 0.243. The summed E-state index contributed by atoms with van der Waals surface area (Å²) in [6, 6.07) is 8.73. The molecule has 1 aromatic carbocycles. The molecule has 0 saturated heterocycles. The Balaban J connectivity index is 1.79. The van der Waals surface area contributed by atoms with E-state index in [0.29, 0.717) is 19.7 Å². The number of hydrogen-bond acceptors (Lipinski definition) is 6. The first-order valence-corrected chi connectivity index (χ1v) is 8.94. The highest BCUT2D eigenvalue weighted by Gasteiger charge is 2.13. The predicted molar refractivity (Wildman–Crippen MR) is 95.9 cm³/mol. The van der Waals surface area contributed by atoms with E-state index in [9.17, 15) is 13.9 Å². The van der Waals surface area contributed by atoms with Crippen molar-refractivity contribution in [1.82, 2.24) is 4.90 Å². The molecule has 0 aliphatic heterocycles. The van der Waals surface area contributed by atoms with Crippen LogP contribution >= 0.6 is 11.3 Å².